The van der Waals surface area contributed by atoms with Gasteiger partial charge in [-0.1, -0.05) is 34.6 Å². The van der Waals surface area contributed by atoms with Crippen LogP contribution in [-0.4, -0.2) is 154 Å². The molecular formula is C45H76O16. The van der Waals surface area contributed by atoms with Crippen molar-refractivity contribution in [1.29, 1.82) is 0 Å². The van der Waals surface area contributed by atoms with Crippen LogP contribution in [0, 0.1) is 29.6 Å². The molecule has 1 spiro atoms. The average Bonchev–Trinajstić information content (AvgIpc) is 3.89. The van der Waals surface area contributed by atoms with E-state index in [1.165, 1.54) is 14.0 Å². The van der Waals surface area contributed by atoms with Crippen molar-refractivity contribution >= 4 is 5.97 Å². The summed E-state index contributed by atoms with van der Waals surface area (Å²) < 4.78 is 65.1. The zero-order valence-corrected chi connectivity index (χ0v) is 38.2. The summed E-state index contributed by atoms with van der Waals surface area (Å²) >= 11 is 0. The molecule has 23 atom stereocenters. The molecule has 0 aromatic carbocycles. The third kappa shape index (κ3) is 9.09. The average molecular weight is 873 g/mol. The zero-order chi connectivity index (χ0) is 44.6. The van der Waals surface area contributed by atoms with E-state index in [1.54, 1.807) is 14.0 Å². The number of aliphatic carboxylic acids is 1. The van der Waals surface area contributed by atoms with Crippen molar-refractivity contribution in [1.82, 2.24) is 0 Å². The predicted molar refractivity (Wildman–Crippen MR) is 217 cm³/mol. The lowest BCUT2D eigenvalue weighted by atomic mass is 9.75. The Morgan fingerprint density at radius 1 is 0.820 bits per heavy atom. The maximum absolute atomic E-state index is 11.8. The molecule has 7 aliphatic rings. The van der Waals surface area contributed by atoms with Crippen LogP contribution in [0.2, 0.25) is 0 Å². The van der Waals surface area contributed by atoms with Crippen LogP contribution < -0.4 is 0 Å². The Morgan fingerprint density at radius 3 is 2.20 bits per heavy atom. The molecular weight excluding hydrogens is 796 g/mol. The minimum atomic E-state index is -2.15. The van der Waals surface area contributed by atoms with Gasteiger partial charge in [0, 0.05) is 63.6 Å². The van der Waals surface area contributed by atoms with Crippen LogP contribution in [0.15, 0.2) is 0 Å². The van der Waals surface area contributed by atoms with E-state index in [4.69, 9.17) is 47.4 Å². The summed E-state index contributed by atoms with van der Waals surface area (Å²) in [5.74, 6) is -7.65. The molecule has 0 aromatic heterocycles. The van der Waals surface area contributed by atoms with Gasteiger partial charge in [-0.2, -0.15) is 0 Å². The zero-order valence-electron chi connectivity index (χ0n) is 38.2. The lowest BCUT2D eigenvalue weighted by molar-refractivity contribution is -0.363. The highest BCUT2D eigenvalue weighted by atomic mass is 16.7. The number of methoxy groups -OCH3 is 2. The van der Waals surface area contributed by atoms with Crippen LogP contribution in [0.5, 0.6) is 0 Å². The fourth-order valence-electron chi connectivity index (χ4n) is 12.0. The molecule has 7 fully saturated rings. The molecule has 0 saturated carbocycles. The summed E-state index contributed by atoms with van der Waals surface area (Å²) in [6.45, 7) is 17.3. The number of rotatable bonds is 11. The predicted octanol–water partition coefficient (Wildman–Crippen LogP) is 4.04. The lowest BCUT2D eigenvalue weighted by Gasteiger charge is -2.53. The van der Waals surface area contributed by atoms with Gasteiger partial charge in [-0.15, -0.1) is 0 Å². The number of ether oxygens (including phenoxy) is 10. The Balaban J connectivity index is 1.08. The van der Waals surface area contributed by atoms with Gasteiger partial charge in [0.1, 0.15) is 12.2 Å². The number of carboxylic acid groups (broad SMARTS) is 1. The van der Waals surface area contributed by atoms with E-state index >= 15 is 0 Å². The van der Waals surface area contributed by atoms with E-state index in [0.717, 1.165) is 12.8 Å². The van der Waals surface area contributed by atoms with Crippen molar-refractivity contribution < 1.29 is 77.7 Å². The monoisotopic (exact) mass is 873 g/mol. The second-order valence-electron chi connectivity index (χ2n) is 20.7. The molecule has 0 radical (unpaired) electrons. The smallest absolute Gasteiger partial charge is 0.308 e. The highest BCUT2D eigenvalue weighted by Gasteiger charge is 2.63. The van der Waals surface area contributed by atoms with Gasteiger partial charge in [0.15, 0.2) is 23.7 Å². The number of carboxylic acids is 1. The van der Waals surface area contributed by atoms with Gasteiger partial charge in [0.25, 0.3) is 0 Å². The molecule has 0 bridgehead atoms. The van der Waals surface area contributed by atoms with E-state index in [1.807, 2.05) is 34.6 Å². The number of carbonyl (C=O) groups is 1. The fraction of sp³-hybridized carbons (Fsp3) is 0.978. The molecule has 7 aliphatic heterocycles. The minimum Gasteiger partial charge on any atom is -0.481 e. The largest absolute Gasteiger partial charge is 0.481 e. The topological polar surface area (TPSA) is 211 Å². The minimum absolute atomic E-state index is 0.00446. The van der Waals surface area contributed by atoms with Gasteiger partial charge in [0.2, 0.25) is 0 Å². The molecule has 0 aromatic rings. The van der Waals surface area contributed by atoms with Crippen LogP contribution in [0.1, 0.15) is 127 Å². The van der Waals surface area contributed by atoms with Crippen molar-refractivity contribution in [3.63, 3.8) is 0 Å². The van der Waals surface area contributed by atoms with Crippen LogP contribution in [0.3, 0.4) is 0 Å². The first-order chi connectivity index (χ1) is 28.5. The molecule has 7 saturated heterocycles. The SMILES string of the molecule is CO[C@@H]1[C@@H](O)[C@H](C)[C@@](O)(CC(=O)O)O[C@H]1[C@H](C)[C@H]1O[C@@]2(CC[C@@](C)([C@H]3CC[C@@](C)([C@@H]4O[C@@H]([C@H]5O[C@](C)(O)[C@H](C)C[C@@H]5C)C[C@@H]4O[C@H]4CC[C@H](OC)[C@@H](C)O4)O3)O2)C[C@H](O)[C@H]1C. The highest BCUT2D eigenvalue weighted by molar-refractivity contribution is 5.68. The number of hydrogen-bond acceptors (Lipinski definition) is 15. The van der Waals surface area contributed by atoms with Crippen molar-refractivity contribution in [3.8, 4) is 0 Å². The normalized spacial score (nSPS) is 54.9. The summed E-state index contributed by atoms with van der Waals surface area (Å²) in [6.07, 6.45) is -2.26. The first-order valence-corrected chi connectivity index (χ1v) is 22.9. The van der Waals surface area contributed by atoms with Gasteiger partial charge in [-0.25, -0.2) is 0 Å². The van der Waals surface area contributed by atoms with Gasteiger partial charge >= 0.3 is 5.97 Å². The Labute approximate surface area is 361 Å². The molecule has 5 N–H and O–H groups in total. The van der Waals surface area contributed by atoms with Crippen LogP contribution in [-0.2, 0) is 52.2 Å². The lowest BCUT2D eigenvalue weighted by Crippen LogP contribution is -2.65. The van der Waals surface area contributed by atoms with Gasteiger partial charge < -0.3 is 72.9 Å². The molecule has 61 heavy (non-hydrogen) atoms. The van der Waals surface area contributed by atoms with Crippen LogP contribution in [0.4, 0.5) is 0 Å². The molecule has 0 amide bonds. The second-order valence-corrected chi connectivity index (χ2v) is 20.7. The van der Waals surface area contributed by atoms with Crippen LogP contribution in [0.25, 0.3) is 0 Å². The molecule has 16 heteroatoms. The third-order valence-corrected chi connectivity index (χ3v) is 16.2. The first-order valence-electron chi connectivity index (χ1n) is 22.9. The molecule has 7 heterocycles. The first kappa shape index (κ1) is 47.9. The van der Waals surface area contributed by atoms with Gasteiger partial charge in [0.05, 0.1) is 78.7 Å². The van der Waals surface area contributed by atoms with Crippen molar-refractivity contribution in [2.24, 2.45) is 29.6 Å². The van der Waals surface area contributed by atoms with Crippen LogP contribution >= 0.6 is 0 Å². The molecule has 0 unspecified atom stereocenters. The maximum Gasteiger partial charge on any atom is 0.308 e. The van der Waals surface area contributed by atoms with E-state index in [2.05, 4.69) is 13.8 Å². The van der Waals surface area contributed by atoms with Crippen molar-refractivity contribution in [2.75, 3.05) is 14.2 Å². The van der Waals surface area contributed by atoms with E-state index in [0.29, 0.717) is 38.5 Å². The fourth-order valence-corrected chi connectivity index (χ4v) is 12.0. The molecule has 352 valence electrons. The summed E-state index contributed by atoms with van der Waals surface area (Å²) in [7, 11) is 3.14. The molecule has 0 aliphatic carbocycles. The quantitative estimate of drug-likeness (QED) is 0.198. The van der Waals surface area contributed by atoms with Gasteiger partial charge in [-0.3, -0.25) is 4.79 Å². The molecule has 7 rings (SSSR count). The van der Waals surface area contributed by atoms with E-state index in [9.17, 15) is 30.3 Å². The Morgan fingerprint density at radius 2 is 1.54 bits per heavy atom. The summed E-state index contributed by atoms with van der Waals surface area (Å²) in [5.41, 5.74) is -1.57. The van der Waals surface area contributed by atoms with E-state index < -0.39 is 102 Å². The maximum atomic E-state index is 11.8. The van der Waals surface area contributed by atoms with E-state index in [-0.39, 0.29) is 54.9 Å². The van der Waals surface area contributed by atoms with Crippen molar-refractivity contribution in [2.45, 2.75) is 235 Å². The Kier molecular flexibility index (Phi) is 13.8. The Hall–Kier alpha value is -1.09. The second kappa shape index (κ2) is 17.6. The summed E-state index contributed by atoms with van der Waals surface area (Å²) in [6, 6.07) is 0. The number of hydrogen-bond donors (Lipinski definition) is 5. The molecule has 16 nitrogen and oxygen atoms in total. The Bertz CT molecular complexity index is 1530. The number of aliphatic hydroxyl groups excluding tert-OH is 2. The van der Waals surface area contributed by atoms with Crippen molar-refractivity contribution in [3.05, 3.63) is 0 Å². The van der Waals surface area contributed by atoms with Gasteiger partial charge in [-0.05, 0) is 65.7 Å². The summed E-state index contributed by atoms with van der Waals surface area (Å²) in [5, 5.41) is 55.1. The third-order valence-electron chi connectivity index (χ3n) is 16.2. The number of aliphatic hydroxyl groups is 4. The standard InChI is InChI=1S/C45H76O16/c1-22-18-23(2)43(9,50)58-36(22)30-19-31(55-34-13-12-29(52-10)27(6)54-34)40(56-30)42(8)15-14-32(57-42)41(7)16-17-44(61-41)20-28(46)24(3)37(59-44)25(4)38-39(53-11)35(49)26(5)45(51,60-38)21-33(47)48/h22-32,34-40,46,49-51H,12-21H2,1-11H3,(H,47,48)/t22-,23+,24+,25+,26-,27+,28-,29-,30+,31-,32+,34-,35-,36-,37-,38-,39+,40+,41-,42-,43-,44+,45+/m0/s1. The summed E-state index contributed by atoms with van der Waals surface area (Å²) in [4.78, 5) is 11.8. The highest BCUT2D eigenvalue weighted by Crippen LogP contribution is 2.54.